The molecule has 0 radical (unpaired) electrons. The summed E-state index contributed by atoms with van der Waals surface area (Å²) < 4.78 is 10.1. The van der Waals surface area contributed by atoms with Crippen LogP contribution >= 0.6 is 0 Å². The van der Waals surface area contributed by atoms with Gasteiger partial charge < -0.3 is 14.6 Å². The molecule has 0 saturated heterocycles. The highest BCUT2D eigenvalue weighted by Crippen LogP contribution is 2.16. The van der Waals surface area contributed by atoms with Gasteiger partial charge >= 0.3 is 5.97 Å². The van der Waals surface area contributed by atoms with Crippen LogP contribution < -0.4 is 0 Å². The topological polar surface area (TPSA) is 68.1 Å². The molecule has 18 heavy (non-hydrogen) atoms. The number of carbonyl (C=O) groups excluding carboxylic acids is 1. The summed E-state index contributed by atoms with van der Waals surface area (Å²) in [5.41, 5.74) is 1.34. The van der Waals surface area contributed by atoms with Crippen molar-refractivity contribution < 1.29 is 19.4 Å². The molecule has 1 aromatic rings. The van der Waals surface area contributed by atoms with E-state index in [-0.39, 0.29) is 6.61 Å². The van der Waals surface area contributed by atoms with Crippen LogP contribution in [0.1, 0.15) is 24.2 Å². The van der Waals surface area contributed by atoms with Gasteiger partial charge in [-0.05, 0) is 24.6 Å². The van der Waals surface area contributed by atoms with Crippen molar-refractivity contribution in [1.29, 1.82) is 0 Å². The Balaban J connectivity index is 2.09. The van der Waals surface area contributed by atoms with Crippen molar-refractivity contribution in [3.8, 4) is 0 Å². The van der Waals surface area contributed by atoms with E-state index < -0.39 is 12.1 Å². The Labute approximate surface area is 105 Å². The van der Waals surface area contributed by atoms with Gasteiger partial charge in [0, 0.05) is 5.56 Å². The number of benzene rings is 1. The number of rotatable bonds is 4. The largest absolute Gasteiger partial charge is 0.476 e. The molecule has 1 atom stereocenters. The average Bonchev–Trinajstić information content (AvgIpc) is 2.92. The Morgan fingerprint density at radius 2 is 2.22 bits per heavy atom. The summed E-state index contributed by atoms with van der Waals surface area (Å²) in [5, 5.41) is 9.74. The first-order valence-corrected chi connectivity index (χ1v) is 5.84. The van der Waals surface area contributed by atoms with Crippen molar-refractivity contribution in [3.05, 3.63) is 35.4 Å². The lowest BCUT2D eigenvalue weighted by molar-refractivity contribution is -0.153. The molecule has 2 rings (SSSR count). The highest BCUT2D eigenvalue weighted by molar-refractivity contribution is 5.95. The molecule has 1 N–H and O–H groups in total. The van der Waals surface area contributed by atoms with Gasteiger partial charge in [0.05, 0.1) is 13.2 Å². The van der Waals surface area contributed by atoms with E-state index in [2.05, 4.69) is 4.99 Å². The number of hydrogen-bond acceptors (Lipinski definition) is 5. The minimum Gasteiger partial charge on any atom is -0.476 e. The van der Waals surface area contributed by atoms with Crippen LogP contribution in [0.15, 0.2) is 29.3 Å². The molecule has 5 nitrogen and oxygen atoms in total. The number of aliphatic hydroxyl groups is 1. The Hall–Kier alpha value is -1.88. The van der Waals surface area contributed by atoms with Crippen molar-refractivity contribution >= 4 is 11.9 Å². The first-order chi connectivity index (χ1) is 8.72. The van der Waals surface area contributed by atoms with Crippen LogP contribution in [-0.4, -0.2) is 36.7 Å². The smallest absolute Gasteiger partial charge is 0.339 e. The number of aliphatic imine (C=N–C) groups is 1. The molecular weight excluding hydrogens is 234 g/mol. The van der Waals surface area contributed by atoms with Gasteiger partial charge in [-0.2, -0.15) is 0 Å². The summed E-state index contributed by atoms with van der Waals surface area (Å²) in [6.45, 7) is 3.22. The highest BCUT2D eigenvalue weighted by atomic mass is 16.5. The van der Waals surface area contributed by atoms with Crippen LogP contribution in [0.4, 0.5) is 0 Å². The molecule has 0 bridgehead atoms. The van der Waals surface area contributed by atoms with Crippen LogP contribution in [0.3, 0.4) is 0 Å². The minimum absolute atomic E-state index is 0.249. The van der Waals surface area contributed by atoms with E-state index in [0.717, 1.165) is 5.56 Å². The van der Waals surface area contributed by atoms with E-state index >= 15 is 0 Å². The Bertz CT molecular complexity index is 453. The fraction of sp³-hybridized carbons (Fsp3) is 0.385. The molecular formula is C13H15NO4. The third-order valence-electron chi connectivity index (χ3n) is 2.57. The van der Waals surface area contributed by atoms with E-state index in [0.29, 0.717) is 24.6 Å². The molecule has 0 fully saturated rings. The average molecular weight is 249 g/mol. The third-order valence-corrected chi connectivity index (χ3v) is 2.57. The zero-order valence-corrected chi connectivity index (χ0v) is 10.1. The predicted molar refractivity (Wildman–Crippen MR) is 65.4 cm³/mol. The Morgan fingerprint density at radius 3 is 2.78 bits per heavy atom. The number of nitrogens with zero attached hydrogens (tertiary/aromatic N) is 1. The van der Waals surface area contributed by atoms with Crippen LogP contribution in [0.25, 0.3) is 0 Å². The van der Waals surface area contributed by atoms with E-state index in [1.165, 1.54) is 0 Å². The van der Waals surface area contributed by atoms with Crippen LogP contribution in [0.2, 0.25) is 0 Å². The molecule has 0 saturated carbocycles. The second-order valence-corrected chi connectivity index (χ2v) is 3.81. The first kappa shape index (κ1) is 12.6. The number of ether oxygens (including phenoxy) is 2. The fourth-order valence-electron chi connectivity index (χ4n) is 1.68. The summed E-state index contributed by atoms with van der Waals surface area (Å²) in [6, 6.07) is 6.87. The summed E-state index contributed by atoms with van der Waals surface area (Å²) in [7, 11) is 0. The van der Waals surface area contributed by atoms with Gasteiger partial charge in [0.1, 0.15) is 6.61 Å². The lowest BCUT2D eigenvalue weighted by Gasteiger charge is -2.10. The Morgan fingerprint density at radius 1 is 1.50 bits per heavy atom. The predicted octanol–water partition coefficient (Wildman–Crippen LogP) is 1.06. The fourth-order valence-corrected chi connectivity index (χ4v) is 1.68. The van der Waals surface area contributed by atoms with Gasteiger partial charge in [-0.15, -0.1) is 0 Å². The molecule has 0 amide bonds. The molecule has 1 unspecified atom stereocenters. The maximum absolute atomic E-state index is 11.4. The van der Waals surface area contributed by atoms with Gasteiger partial charge in [-0.25, -0.2) is 9.79 Å². The van der Waals surface area contributed by atoms with Gasteiger partial charge in [0.25, 0.3) is 0 Å². The number of carbonyl (C=O) groups is 1. The van der Waals surface area contributed by atoms with Crippen LogP contribution in [0, 0.1) is 0 Å². The maximum atomic E-state index is 11.4. The van der Waals surface area contributed by atoms with Crippen LogP contribution in [0.5, 0.6) is 0 Å². The van der Waals surface area contributed by atoms with Crippen molar-refractivity contribution in [2.45, 2.75) is 13.0 Å². The van der Waals surface area contributed by atoms with Crippen molar-refractivity contribution in [2.75, 3.05) is 19.8 Å². The van der Waals surface area contributed by atoms with Crippen molar-refractivity contribution in [3.63, 3.8) is 0 Å². The zero-order valence-electron chi connectivity index (χ0n) is 10.1. The molecule has 0 spiro atoms. The summed E-state index contributed by atoms with van der Waals surface area (Å²) >= 11 is 0. The molecule has 0 aromatic heterocycles. The third kappa shape index (κ3) is 2.68. The summed E-state index contributed by atoms with van der Waals surface area (Å²) in [6.07, 6.45) is -1.24. The normalized spacial score (nSPS) is 15.8. The summed E-state index contributed by atoms with van der Waals surface area (Å²) in [4.78, 5) is 15.5. The van der Waals surface area contributed by atoms with E-state index in [9.17, 15) is 9.90 Å². The maximum Gasteiger partial charge on any atom is 0.339 e. The van der Waals surface area contributed by atoms with Crippen molar-refractivity contribution in [2.24, 2.45) is 4.99 Å². The second kappa shape index (κ2) is 5.64. The van der Waals surface area contributed by atoms with Gasteiger partial charge in [0.2, 0.25) is 5.90 Å². The quantitative estimate of drug-likeness (QED) is 0.810. The van der Waals surface area contributed by atoms with E-state index in [1.807, 2.05) is 0 Å². The molecule has 1 aromatic carbocycles. The Kier molecular flexibility index (Phi) is 3.94. The van der Waals surface area contributed by atoms with Gasteiger partial charge in [-0.3, -0.25) is 0 Å². The minimum atomic E-state index is -1.24. The highest BCUT2D eigenvalue weighted by Gasteiger charge is 2.19. The molecule has 96 valence electrons. The number of aliphatic hydroxyl groups excluding tert-OH is 1. The lowest BCUT2D eigenvalue weighted by atomic mass is 10.1. The molecule has 1 heterocycles. The van der Waals surface area contributed by atoms with Crippen LogP contribution in [-0.2, 0) is 14.3 Å². The molecule has 1 aliphatic heterocycles. The number of hydrogen-bond donors (Lipinski definition) is 1. The van der Waals surface area contributed by atoms with E-state index in [1.54, 1.807) is 31.2 Å². The number of esters is 1. The second-order valence-electron chi connectivity index (χ2n) is 3.81. The van der Waals surface area contributed by atoms with E-state index in [4.69, 9.17) is 9.47 Å². The lowest BCUT2D eigenvalue weighted by Crippen LogP contribution is -2.15. The monoisotopic (exact) mass is 249 g/mol. The molecule has 1 aliphatic rings. The van der Waals surface area contributed by atoms with Gasteiger partial charge in [-0.1, -0.05) is 12.1 Å². The van der Waals surface area contributed by atoms with Crippen molar-refractivity contribution in [1.82, 2.24) is 0 Å². The SMILES string of the molecule is CCOC(=O)C(O)c1ccc(C2=NCCO2)cc1. The molecule has 0 aliphatic carbocycles. The standard InChI is InChI=1S/C13H15NO4/c1-2-17-13(16)11(15)9-3-5-10(6-4-9)12-14-7-8-18-12/h3-6,11,15H,2,7-8H2,1H3. The zero-order chi connectivity index (χ0) is 13.0. The van der Waals surface area contributed by atoms with Gasteiger partial charge in [0.15, 0.2) is 6.10 Å². The summed E-state index contributed by atoms with van der Waals surface area (Å²) in [5.74, 6) is -0.0353. The first-order valence-electron chi connectivity index (χ1n) is 5.84. The molecule has 5 heteroatoms.